The van der Waals surface area contributed by atoms with Crippen LogP contribution in [0.5, 0.6) is 5.75 Å². The van der Waals surface area contributed by atoms with Crippen molar-refractivity contribution >= 4 is 39.0 Å². The molecule has 1 N–H and O–H groups in total. The molecule has 7 nitrogen and oxygen atoms in total. The molecule has 1 unspecified atom stereocenters. The molecule has 4 rings (SSSR count). The van der Waals surface area contributed by atoms with E-state index in [2.05, 4.69) is 20.9 Å². The van der Waals surface area contributed by atoms with Crippen LogP contribution in [0.1, 0.15) is 37.7 Å². The maximum atomic E-state index is 13.6. The summed E-state index contributed by atoms with van der Waals surface area (Å²) in [7, 11) is 1.52. The van der Waals surface area contributed by atoms with Gasteiger partial charge in [-0.2, -0.15) is 0 Å². The standard InChI is InChI=1S/C22H19BrN2O5S/c1-11-21(31-12(2)24-11)19(26)17-18(15-9-13(23)6-7-16(15)29-3)25(22(28)20(17)27)10-14-5-4-8-30-14/h4-9,18,27H,10H2,1-3H3. The molecule has 1 amide bonds. The highest BCUT2D eigenvalue weighted by Gasteiger charge is 2.45. The predicted octanol–water partition coefficient (Wildman–Crippen LogP) is 4.90. The monoisotopic (exact) mass is 502 g/mol. The molecule has 0 fully saturated rings. The minimum atomic E-state index is -0.862. The minimum Gasteiger partial charge on any atom is -0.503 e. The average Bonchev–Trinajstić information content (AvgIpc) is 3.43. The summed E-state index contributed by atoms with van der Waals surface area (Å²) in [6, 6.07) is 7.91. The van der Waals surface area contributed by atoms with Crippen LogP contribution in [-0.2, 0) is 11.3 Å². The highest BCUT2D eigenvalue weighted by Crippen LogP contribution is 2.44. The number of aromatic nitrogens is 1. The van der Waals surface area contributed by atoms with E-state index in [0.717, 1.165) is 9.48 Å². The van der Waals surface area contributed by atoms with Crippen molar-refractivity contribution in [2.45, 2.75) is 26.4 Å². The predicted molar refractivity (Wildman–Crippen MR) is 118 cm³/mol. The number of carbonyl (C=O) groups is 2. The van der Waals surface area contributed by atoms with E-state index in [4.69, 9.17) is 9.15 Å². The highest BCUT2D eigenvalue weighted by atomic mass is 79.9. The van der Waals surface area contributed by atoms with Gasteiger partial charge in [-0.15, -0.1) is 11.3 Å². The second-order valence-corrected chi connectivity index (χ2v) is 9.16. The fourth-order valence-corrected chi connectivity index (χ4v) is 4.98. The Morgan fingerprint density at radius 2 is 2.13 bits per heavy atom. The van der Waals surface area contributed by atoms with Gasteiger partial charge in [-0.3, -0.25) is 9.59 Å². The van der Waals surface area contributed by atoms with Gasteiger partial charge in [0.05, 0.1) is 47.1 Å². The Morgan fingerprint density at radius 1 is 1.35 bits per heavy atom. The second kappa shape index (κ2) is 8.32. The zero-order valence-corrected chi connectivity index (χ0v) is 19.4. The number of halogens is 1. The zero-order chi connectivity index (χ0) is 22.3. The molecule has 0 bridgehead atoms. The third kappa shape index (κ3) is 3.79. The van der Waals surface area contributed by atoms with E-state index in [1.807, 2.05) is 0 Å². The Kier molecular flexibility index (Phi) is 5.72. The van der Waals surface area contributed by atoms with Gasteiger partial charge in [0.2, 0.25) is 5.78 Å². The minimum absolute atomic E-state index is 0.000272. The molecule has 9 heteroatoms. The number of hydrogen-bond acceptors (Lipinski definition) is 7. The van der Waals surface area contributed by atoms with Gasteiger partial charge in [-0.1, -0.05) is 15.9 Å². The van der Waals surface area contributed by atoms with E-state index >= 15 is 0 Å². The number of furan rings is 1. The number of rotatable bonds is 6. The maximum Gasteiger partial charge on any atom is 0.290 e. The van der Waals surface area contributed by atoms with E-state index in [1.54, 1.807) is 44.2 Å². The molecule has 2 aromatic heterocycles. The lowest BCUT2D eigenvalue weighted by molar-refractivity contribution is -0.130. The summed E-state index contributed by atoms with van der Waals surface area (Å²) in [6.07, 6.45) is 1.51. The van der Waals surface area contributed by atoms with Gasteiger partial charge in [0, 0.05) is 10.0 Å². The third-order valence-corrected chi connectivity index (χ3v) is 6.62. The number of Topliss-reactive ketones (excluding diaryl/α,β-unsaturated/α-hetero) is 1. The number of aliphatic hydroxyl groups excluding tert-OH is 1. The summed E-state index contributed by atoms with van der Waals surface area (Å²) in [6.45, 7) is 3.62. The molecule has 3 heterocycles. The van der Waals surface area contributed by atoms with Gasteiger partial charge >= 0.3 is 0 Å². The molecule has 1 aromatic carbocycles. The van der Waals surface area contributed by atoms with Crippen molar-refractivity contribution in [3.8, 4) is 5.75 Å². The first-order valence-corrected chi connectivity index (χ1v) is 11.0. The van der Waals surface area contributed by atoms with Crippen LogP contribution in [0.3, 0.4) is 0 Å². The van der Waals surface area contributed by atoms with Gasteiger partial charge in [0.15, 0.2) is 5.76 Å². The fraction of sp³-hybridized carbons (Fsp3) is 0.227. The van der Waals surface area contributed by atoms with Crippen LogP contribution in [0.2, 0.25) is 0 Å². The SMILES string of the molecule is COc1ccc(Br)cc1C1C(C(=O)c2sc(C)nc2C)=C(O)C(=O)N1Cc1ccco1. The summed E-state index contributed by atoms with van der Waals surface area (Å²) >= 11 is 4.69. The lowest BCUT2D eigenvalue weighted by Gasteiger charge is -2.27. The van der Waals surface area contributed by atoms with Gasteiger partial charge in [-0.25, -0.2) is 4.98 Å². The van der Waals surface area contributed by atoms with E-state index in [-0.39, 0.29) is 12.1 Å². The first kappa shape index (κ1) is 21.3. The van der Waals surface area contributed by atoms with Gasteiger partial charge in [-0.05, 0) is 44.2 Å². The number of ether oxygens (including phenoxy) is 1. The molecule has 0 saturated heterocycles. The first-order valence-electron chi connectivity index (χ1n) is 9.40. The van der Waals surface area contributed by atoms with E-state index < -0.39 is 23.5 Å². The lowest BCUT2D eigenvalue weighted by atomic mass is 9.94. The molecule has 3 aromatic rings. The number of amides is 1. The van der Waals surface area contributed by atoms with Crippen molar-refractivity contribution in [3.05, 3.63) is 79.3 Å². The second-order valence-electron chi connectivity index (χ2n) is 7.04. The largest absolute Gasteiger partial charge is 0.503 e. The molecule has 160 valence electrons. The number of aliphatic hydroxyl groups is 1. The molecule has 31 heavy (non-hydrogen) atoms. The number of thiazole rings is 1. The number of hydrogen-bond donors (Lipinski definition) is 1. The molecule has 1 aliphatic rings. The molecular formula is C22H19BrN2O5S. The maximum absolute atomic E-state index is 13.6. The van der Waals surface area contributed by atoms with Crippen molar-refractivity contribution < 1.29 is 23.8 Å². The van der Waals surface area contributed by atoms with Crippen molar-refractivity contribution in [3.63, 3.8) is 0 Å². The Morgan fingerprint density at radius 3 is 2.74 bits per heavy atom. The van der Waals surface area contributed by atoms with Gasteiger partial charge < -0.3 is 19.2 Å². The van der Waals surface area contributed by atoms with Crippen molar-refractivity contribution in [1.29, 1.82) is 0 Å². The third-order valence-electron chi connectivity index (χ3n) is 5.05. The van der Waals surface area contributed by atoms with Crippen molar-refractivity contribution in [2.75, 3.05) is 7.11 Å². The Bertz CT molecular complexity index is 1200. The smallest absolute Gasteiger partial charge is 0.290 e. The number of methoxy groups -OCH3 is 1. The van der Waals surface area contributed by atoms with E-state index in [9.17, 15) is 14.7 Å². The normalized spacial score (nSPS) is 16.3. The van der Waals surface area contributed by atoms with Crippen LogP contribution in [0.4, 0.5) is 0 Å². The number of carbonyl (C=O) groups excluding carboxylic acids is 2. The van der Waals surface area contributed by atoms with Gasteiger partial charge in [0.25, 0.3) is 5.91 Å². The number of ketones is 1. The number of nitrogens with zero attached hydrogens (tertiary/aromatic N) is 2. The summed E-state index contributed by atoms with van der Waals surface area (Å²) in [5, 5.41) is 11.6. The fourth-order valence-electron chi connectivity index (χ4n) is 3.73. The van der Waals surface area contributed by atoms with Gasteiger partial charge in [0.1, 0.15) is 11.5 Å². The van der Waals surface area contributed by atoms with Crippen LogP contribution in [0, 0.1) is 13.8 Å². The molecule has 1 aliphatic heterocycles. The zero-order valence-electron chi connectivity index (χ0n) is 17.0. The molecular weight excluding hydrogens is 484 g/mol. The number of benzene rings is 1. The highest BCUT2D eigenvalue weighted by molar-refractivity contribution is 9.10. The summed E-state index contributed by atoms with van der Waals surface area (Å²) < 4.78 is 11.7. The van der Waals surface area contributed by atoms with E-state index in [0.29, 0.717) is 27.6 Å². The summed E-state index contributed by atoms with van der Waals surface area (Å²) in [5.41, 5.74) is 1.13. The molecule has 0 aliphatic carbocycles. The molecule has 0 saturated carbocycles. The van der Waals surface area contributed by atoms with Crippen molar-refractivity contribution in [1.82, 2.24) is 9.88 Å². The first-order chi connectivity index (χ1) is 14.8. The Hall–Kier alpha value is -2.91. The summed E-state index contributed by atoms with van der Waals surface area (Å²) in [5.74, 6) is -0.635. The molecule has 0 spiro atoms. The van der Waals surface area contributed by atoms with Crippen LogP contribution < -0.4 is 4.74 Å². The Balaban J connectivity index is 1.89. The molecule has 1 atom stereocenters. The average molecular weight is 503 g/mol. The van der Waals surface area contributed by atoms with Crippen LogP contribution in [-0.4, -0.2) is 33.8 Å². The number of aryl methyl sites for hydroxylation is 2. The van der Waals surface area contributed by atoms with E-state index in [1.165, 1.54) is 29.6 Å². The quantitative estimate of drug-likeness (QED) is 0.481. The lowest BCUT2D eigenvalue weighted by Crippen LogP contribution is -2.30. The molecule has 0 radical (unpaired) electrons. The topological polar surface area (TPSA) is 92.9 Å². The van der Waals surface area contributed by atoms with Crippen LogP contribution in [0.25, 0.3) is 0 Å². The van der Waals surface area contributed by atoms with Crippen molar-refractivity contribution in [2.24, 2.45) is 0 Å². The summed E-state index contributed by atoms with van der Waals surface area (Å²) in [4.78, 5) is 32.8. The Labute approximate surface area is 191 Å². The van der Waals surface area contributed by atoms with Crippen LogP contribution in [0.15, 0.2) is 56.8 Å². The van der Waals surface area contributed by atoms with Crippen LogP contribution >= 0.6 is 27.3 Å².